The lowest BCUT2D eigenvalue weighted by Crippen LogP contribution is -2.37. The number of hydrogen-bond donors (Lipinski definition) is 0. The molecule has 0 saturated carbocycles. The van der Waals surface area contributed by atoms with E-state index in [1.54, 1.807) is 0 Å². The maximum atomic E-state index is 13.2. The first-order valence-corrected chi connectivity index (χ1v) is 10.3. The van der Waals surface area contributed by atoms with Gasteiger partial charge in [-0.2, -0.15) is 23.1 Å². The van der Waals surface area contributed by atoms with Crippen molar-refractivity contribution in [3.05, 3.63) is 66.2 Å². The first-order valence-electron chi connectivity index (χ1n) is 10.3. The second-order valence-corrected chi connectivity index (χ2v) is 7.39. The van der Waals surface area contributed by atoms with Crippen molar-refractivity contribution in [3.8, 4) is 11.6 Å². The molecule has 1 saturated heterocycles. The van der Waals surface area contributed by atoms with E-state index in [1.165, 1.54) is 17.0 Å². The number of benzene rings is 1. The van der Waals surface area contributed by atoms with E-state index < -0.39 is 11.9 Å². The minimum Gasteiger partial charge on any atom is -0.471 e. The van der Waals surface area contributed by atoms with E-state index >= 15 is 0 Å². The third-order valence-corrected chi connectivity index (χ3v) is 5.18. The quantitative estimate of drug-likeness (QED) is 0.454. The van der Waals surface area contributed by atoms with Gasteiger partial charge in [-0.15, -0.1) is 0 Å². The number of halogens is 3. The van der Waals surface area contributed by atoms with Gasteiger partial charge in [0, 0.05) is 19.3 Å². The third kappa shape index (κ3) is 4.44. The number of morpholine rings is 1. The number of alkyl halides is 3. The van der Waals surface area contributed by atoms with Crippen molar-refractivity contribution in [2.24, 2.45) is 0 Å². The van der Waals surface area contributed by atoms with Crippen LogP contribution in [0.25, 0.3) is 16.9 Å². The Labute approximate surface area is 186 Å². The molecule has 8 nitrogen and oxygen atoms in total. The van der Waals surface area contributed by atoms with Crippen LogP contribution in [0.2, 0.25) is 0 Å². The van der Waals surface area contributed by atoms with Gasteiger partial charge in [0.15, 0.2) is 11.2 Å². The van der Waals surface area contributed by atoms with Crippen LogP contribution < -0.4 is 9.64 Å². The second kappa shape index (κ2) is 8.66. The van der Waals surface area contributed by atoms with Crippen LogP contribution in [-0.4, -0.2) is 50.8 Å². The van der Waals surface area contributed by atoms with Gasteiger partial charge in [0.25, 0.3) is 0 Å². The predicted octanol–water partition coefficient (Wildman–Crippen LogP) is 3.64. The molecule has 5 rings (SSSR count). The van der Waals surface area contributed by atoms with Gasteiger partial charge >= 0.3 is 6.18 Å². The molecule has 170 valence electrons. The zero-order valence-corrected chi connectivity index (χ0v) is 17.4. The summed E-state index contributed by atoms with van der Waals surface area (Å²) in [6.07, 6.45) is -2.04. The number of aromatic nitrogens is 5. The molecule has 0 spiro atoms. The predicted molar refractivity (Wildman–Crippen MR) is 113 cm³/mol. The molecule has 0 unspecified atom stereocenters. The zero-order valence-electron chi connectivity index (χ0n) is 17.4. The summed E-state index contributed by atoms with van der Waals surface area (Å²) in [4.78, 5) is 18.9. The summed E-state index contributed by atoms with van der Waals surface area (Å²) in [7, 11) is 0. The molecule has 1 aliphatic rings. The van der Waals surface area contributed by atoms with E-state index in [1.807, 2.05) is 35.2 Å². The van der Waals surface area contributed by atoms with Gasteiger partial charge in [-0.1, -0.05) is 30.3 Å². The average Bonchev–Trinajstić information content (AvgIpc) is 3.27. The van der Waals surface area contributed by atoms with Gasteiger partial charge in [-0.05, 0) is 17.7 Å². The van der Waals surface area contributed by atoms with Gasteiger partial charge in [0.2, 0.25) is 11.8 Å². The SMILES string of the molecule is FC(F)(F)c1cc(-n2cnc3c(OCc4ccccc4)nc(N4CCOCC4)nc32)ccn1. The highest BCUT2D eigenvalue weighted by Gasteiger charge is 2.33. The van der Waals surface area contributed by atoms with E-state index in [4.69, 9.17) is 9.47 Å². The number of anilines is 1. The van der Waals surface area contributed by atoms with Crippen molar-refractivity contribution in [2.45, 2.75) is 12.8 Å². The third-order valence-electron chi connectivity index (χ3n) is 5.18. The number of nitrogens with zero attached hydrogens (tertiary/aromatic N) is 6. The topological polar surface area (TPSA) is 78.2 Å². The molecule has 0 atom stereocenters. The first-order chi connectivity index (χ1) is 16.0. The van der Waals surface area contributed by atoms with E-state index in [0.29, 0.717) is 43.4 Å². The molecule has 4 heterocycles. The fourth-order valence-electron chi connectivity index (χ4n) is 3.51. The smallest absolute Gasteiger partial charge is 0.433 e. The molecule has 1 fully saturated rings. The van der Waals surface area contributed by atoms with E-state index in [-0.39, 0.29) is 18.2 Å². The van der Waals surface area contributed by atoms with Gasteiger partial charge in [-0.25, -0.2) is 4.98 Å². The Balaban J connectivity index is 1.58. The molecule has 0 aliphatic carbocycles. The lowest BCUT2D eigenvalue weighted by Gasteiger charge is -2.27. The maximum Gasteiger partial charge on any atom is 0.433 e. The Kier molecular flexibility index (Phi) is 5.55. The van der Waals surface area contributed by atoms with Gasteiger partial charge in [-0.3, -0.25) is 9.55 Å². The second-order valence-electron chi connectivity index (χ2n) is 7.39. The highest BCUT2D eigenvalue weighted by atomic mass is 19.4. The summed E-state index contributed by atoms with van der Waals surface area (Å²) in [5.74, 6) is 0.662. The highest BCUT2D eigenvalue weighted by Crippen LogP contribution is 2.31. The largest absolute Gasteiger partial charge is 0.471 e. The molecule has 11 heteroatoms. The van der Waals surface area contributed by atoms with Crippen LogP contribution >= 0.6 is 0 Å². The van der Waals surface area contributed by atoms with Crippen LogP contribution in [0.4, 0.5) is 19.1 Å². The molecule has 3 aromatic heterocycles. The summed E-state index contributed by atoms with van der Waals surface area (Å²) in [6.45, 7) is 2.49. The number of imidazole rings is 1. The molecule has 0 N–H and O–H groups in total. The first kappa shape index (κ1) is 21.1. The Morgan fingerprint density at radius 3 is 2.55 bits per heavy atom. The van der Waals surface area contributed by atoms with Crippen LogP contribution in [0.5, 0.6) is 5.88 Å². The molecular formula is C22H19F3N6O2. The Bertz CT molecular complexity index is 1260. The van der Waals surface area contributed by atoms with Gasteiger partial charge in [0.05, 0.1) is 18.9 Å². The lowest BCUT2D eigenvalue weighted by atomic mass is 10.2. The number of rotatable bonds is 5. The molecule has 0 bridgehead atoms. The Hall–Kier alpha value is -3.73. The zero-order chi connectivity index (χ0) is 22.8. The summed E-state index contributed by atoms with van der Waals surface area (Å²) >= 11 is 0. The van der Waals surface area contributed by atoms with Crippen molar-refractivity contribution in [2.75, 3.05) is 31.2 Å². The van der Waals surface area contributed by atoms with E-state index in [0.717, 1.165) is 17.8 Å². The minimum atomic E-state index is -4.57. The Morgan fingerprint density at radius 1 is 1.00 bits per heavy atom. The molecule has 0 radical (unpaired) electrons. The molecule has 0 amide bonds. The summed E-state index contributed by atoms with van der Waals surface area (Å²) in [6, 6.07) is 12.0. The molecule has 33 heavy (non-hydrogen) atoms. The van der Waals surface area contributed by atoms with Crippen LogP contribution in [0, 0.1) is 0 Å². The van der Waals surface area contributed by atoms with Crippen molar-refractivity contribution in [3.63, 3.8) is 0 Å². The number of fused-ring (bicyclic) bond motifs is 1. The van der Waals surface area contributed by atoms with Crippen LogP contribution in [0.3, 0.4) is 0 Å². The van der Waals surface area contributed by atoms with Crippen molar-refractivity contribution < 1.29 is 22.6 Å². The van der Waals surface area contributed by atoms with Crippen LogP contribution in [-0.2, 0) is 17.5 Å². The molecule has 1 aliphatic heterocycles. The molecule has 1 aromatic carbocycles. The summed E-state index contributed by atoms with van der Waals surface area (Å²) in [5.41, 5.74) is 0.882. The van der Waals surface area contributed by atoms with Crippen molar-refractivity contribution in [1.29, 1.82) is 0 Å². The Morgan fingerprint density at radius 2 is 1.79 bits per heavy atom. The minimum absolute atomic E-state index is 0.237. The fraction of sp³-hybridized carbons (Fsp3) is 0.273. The van der Waals surface area contributed by atoms with Gasteiger partial charge in [0.1, 0.15) is 18.6 Å². The highest BCUT2D eigenvalue weighted by molar-refractivity contribution is 5.79. The van der Waals surface area contributed by atoms with E-state index in [2.05, 4.69) is 19.9 Å². The molecule has 4 aromatic rings. The number of ether oxygens (including phenoxy) is 2. The van der Waals surface area contributed by atoms with Crippen LogP contribution in [0.15, 0.2) is 55.0 Å². The van der Waals surface area contributed by atoms with Crippen molar-refractivity contribution in [1.82, 2.24) is 24.5 Å². The average molecular weight is 456 g/mol. The van der Waals surface area contributed by atoms with E-state index in [9.17, 15) is 13.2 Å². The number of pyridine rings is 1. The summed E-state index contributed by atoms with van der Waals surface area (Å²) in [5, 5.41) is 0. The normalized spacial score (nSPS) is 14.6. The monoisotopic (exact) mass is 456 g/mol. The summed E-state index contributed by atoms with van der Waals surface area (Å²) < 4.78 is 52.5. The van der Waals surface area contributed by atoms with Crippen molar-refractivity contribution >= 4 is 17.1 Å². The lowest BCUT2D eigenvalue weighted by molar-refractivity contribution is -0.141. The maximum absolute atomic E-state index is 13.2. The fourth-order valence-corrected chi connectivity index (χ4v) is 3.51. The molecular weight excluding hydrogens is 437 g/mol. The van der Waals surface area contributed by atoms with Crippen LogP contribution in [0.1, 0.15) is 11.3 Å². The standard InChI is InChI=1S/C22H19F3N6O2/c23-22(24,25)17-12-16(6-7-26-17)31-14-27-18-19(31)28-21(30-8-10-32-11-9-30)29-20(18)33-13-15-4-2-1-3-5-15/h1-7,12,14H,8-11,13H2. The van der Waals surface area contributed by atoms with Gasteiger partial charge < -0.3 is 14.4 Å². The number of hydrogen-bond acceptors (Lipinski definition) is 7.